The number of aldehydes is 1. The molecule has 92 valence electrons. The molecule has 2 aromatic rings. The lowest BCUT2D eigenvalue weighted by Crippen LogP contribution is -2.18. The Labute approximate surface area is 105 Å². The van der Waals surface area contributed by atoms with Crippen molar-refractivity contribution < 1.29 is 14.0 Å². The second kappa shape index (κ2) is 5.31. The quantitative estimate of drug-likeness (QED) is 0.839. The molecule has 0 saturated carbocycles. The highest BCUT2D eigenvalue weighted by molar-refractivity contribution is 5.76. The number of nitrogens with one attached hydrogen (secondary N) is 1. The van der Waals surface area contributed by atoms with Gasteiger partial charge in [-0.25, -0.2) is 0 Å². The van der Waals surface area contributed by atoms with E-state index >= 15 is 0 Å². The van der Waals surface area contributed by atoms with Crippen LogP contribution in [0.1, 0.15) is 23.0 Å². The Kier molecular flexibility index (Phi) is 3.57. The average molecular weight is 243 g/mol. The van der Waals surface area contributed by atoms with Gasteiger partial charge >= 0.3 is 0 Å². The largest absolute Gasteiger partial charge is 0.459 e. The smallest absolute Gasteiger partial charge is 0.217 e. The van der Waals surface area contributed by atoms with E-state index in [0.717, 1.165) is 11.8 Å². The van der Waals surface area contributed by atoms with Gasteiger partial charge in [-0.2, -0.15) is 0 Å². The minimum atomic E-state index is -0.0942. The number of rotatable bonds is 4. The van der Waals surface area contributed by atoms with Crippen molar-refractivity contribution in [3.05, 3.63) is 47.7 Å². The van der Waals surface area contributed by atoms with Gasteiger partial charge in [0.05, 0.1) is 6.54 Å². The molecule has 0 aliphatic rings. The molecule has 2 rings (SSSR count). The van der Waals surface area contributed by atoms with Crippen LogP contribution >= 0.6 is 0 Å². The average Bonchev–Trinajstić information content (AvgIpc) is 2.85. The van der Waals surface area contributed by atoms with Crippen LogP contribution in [0.4, 0.5) is 0 Å². The van der Waals surface area contributed by atoms with E-state index in [1.807, 2.05) is 24.3 Å². The summed E-state index contributed by atoms with van der Waals surface area (Å²) >= 11 is 0. The second-order valence-corrected chi connectivity index (χ2v) is 3.92. The number of furan rings is 1. The summed E-state index contributed by atoms with van der Waals surface area (Å²) < 4.78 is 5.59. The SMILES string of the molecule is CC(=O)NCc1ccc(-c2ccc(C=O)cc2)o1. The van der Waals surface area contributed by atoms with Gasteiger partial charge in [-0.15, -0.1) is 0 Å². The summed E-state index contributed by atoms with van der Waals surface area (Å²) in [5, 5.41) is 2.67. The standard InChI is InChI=1S/C14H13NO3/c1-10(17)15-8-13-6-7-14(18-13)12-4-2-11(9-16)3-5-12/h2-7,9H,8H2,1H3,(H,15,17). The van der Waals surface area contributed by atoms with E-state index < -0.39 is 0 Å². The Bertz CT molecular complexity index is 555. The molecule has 0 atom stereocenters. The van der Waals surface area contributed by atoms with E-state index in [1.54, 1.807) is 12.1 Å². The van der Waals surface area contributed by atoms with Crippen LogP contribution in [0.2, 0.25) is 0 Å². The van der Waals surface area contributed by atoms with Gasteiger partial charge in [0.2, 0.25) is 5.91 Å². The van der Waals surface area contributed by atoms with Gasteiger partial charge in [0, 0.05) is 18.1 Å². The fourth-order valence-electron chi connectivity index (χ4n) is 1.57. The molecule has 1 heterocycles. The maximum Gasteiger partial charge on any atom is 0.217 e. The van der Waals surface area contributed by atoms with Crippen LogP contribution in [-0.2, 0) is 11.3 Å². The molecule has 0 saturated heterocycles. The van der Waals surface area contributed by atoms with Crippen LogP contribution in [0.25, 0.3) is 11.3 Å². The third-order valence-electron chi connectivity index (χ3n) is 2.50. The minimum absolute atomic E-state index is 0.0942. The third-order valence-corrected chi connectivity index (χ3v) is 2.50. The molecule has 1 aromatic heterocycles. The van der Waals surface area contributed by atoms with Gasteiger partial charge in [-0.3, -0.25) is 9.59 Å². The molecular weight excluding hydrogens is 230 g/mol. The molecular formula is C14H13NO3. The van der Waals surface area contributed by atoms with E-state index in [4.69, 9.17) is 4.42 Å². The summed E-state index contributed by atoms with van der Waals surface area (Å²) in [4.78, 5) is 21.3. The van der Waals surface area contributed by atoms with Crippen LogP contribution in [0.15, 0.2) is 40.8 Å². The van der Waals surface area contributed by atoms with Gasteiger partial charge in [-0.05, 0) is 12.1 Å². The first-order valence-electron chi connectivity index (χ1n) is 5.58. The Morgan fingerprint density at radius 1 is 1.22 bits per heavy atom. The maximum absolute atomic E-state index is 10.8. The maximum atomic E-state index is 10.8. The molecule has 0 aliphatic heterocycles. The van der Waals surface area contributed by atoms with Gasteiger partial charge in [0.25, 0.3) is 0 Å². The fraction of sp³-hybridized carbons (Fsp3) is 0.143. The number of benzene rings is 1. The Balaban J connectivity index is 2.13. The van der Waals surface area contributed by atoms with Crippen molar-refractivity contribution in [1.82, 2.24) is 5.32 Å². The topological polar surface area (TPSA) is 59.3 Å². The number of hydrogen-bond donors (Lipinski definition) is 1. The first kappa shape index (κ1) is 12.1. The fourth-order valence-corrected chi connectivity index (χ4v) is 1.57. The van der Waals surface area contributed by atoms with E-state index in [-0.39, 0.29) is 5.91 Å². The lowest BCUT2D eigenvalue weighted by Gasteiger charge is -1.99. The predicted molar refractivity (Wildman–Crippen MR) is 67.1 cm³/mol. The molecule has 0 aliphatic carbocycles. The summed E-state index contributed by atoms with van der Waals surface area (Å²) in [5.74, 6) is 1.32. The van der Waals surface area contributed by atoms with Crippen LogP contribution < -0.4 is 5.32 Å². The zero-order chi connectivity index (χ0) is 13.0. The number of hydrogen-bond acceptors (Lipinski definition) is 3. The van der Waals surface area contributed by atoms with Crippen LogP contribution in [-0.4, -0.2) is 12.2 Å². The van der Waals surface area contributed by atoms with Gasteiger partial charge in [0.1, 0.15) is 17.8 Å². The summed E-state index contributed by atoms with van der Waals surface area (Å²) in [7, 11) is 0. The zero-order valence-corrected chi connectivity index (χ0v) is 9.97. The lowest BCUT2D eigenvalue weighted by atomic mass is 10.1. The predicted octanol–water partition coefficient (Wildman–Crippen LogP) is 2.40. The van der Waals surface area contributed by atoms with Crippen molar-refractivity contribution in [3.63, 3.8) is 0 Å². The van der Waals surface area contributed by atoms with Crippen LogP contribution in [0.5, 0.6) is 0 Å². The molecule has 1 N–H and O–H groups in total. The molecule has 18 heavy (non-hydrogen) atoms. The number of amides is 1. The van der Waals surface area contributed by atoms with E-state index in [1.165, 1.54) is 6.92 Å². The van der Waals surface area contributed by atoms with Crippen molar-refractivity contribution in [3.8, 4) is 11.3 Å². The van der Waals surface area contributed by atoms with E-state index in [0.29, 0.717) is 23.6 Å². The summed E-state index contributed by atoms with van der Waals surface area (Å²) in [6, 6.07) is 10.8. The summed E-state index contributed by atoms with van der Waals surface area (Å²) in [6.07, 6.45) is 0.800. The van der Waals surface area contributed by atoms with Crippen molar-refractivity contribution in [1.29, 1.82) is 0 Å². The van der Waals surface area contributed by atoms with Crippen molar-refractivity contribution in [2.75, 3.05) is 0 Å². The van der Waals surface area contributed by atoms with Crippen molar-refractivity contribution in [2.45, 2.75) is 13.5 Å². The monoisotopic (exact) mass is 243 g/mol. The lowest BCUT2D eigenvalue weighted by molar-refractivity contribution is -0.119. The molecule has 4 nitrogen and oxygen atoms in total. The zero-order valence-electron chi connectivity index (χ0n) is 9.97. The molecule has 0 bridgehead atoms. The van der Waals surface area contributed by atoms with Crippen LogP contribution in [0, 0.1) is 0 Å². The summed E-state index contributed by atoms with van der Waals surface area (Å²) in [6.45, 7) is 1.84. The highest BCUT2D eigenvalue weighted by Crippen LogP contribution is 2.22. The van der Waals surface area contributed by atoms with Gasteiger partial charge in [-0.1, -0.05) is 24.3 Å². The Morgan fingerprint density at radius 2 is 1.94 bits per heavy atom. The van der Waals surface area contributed by atoms with Crippen LogP contribution in [0.3, 0.4) is 0 Å². The molecule has 0 radical (unpaired) electrons. The van der Waals surface area contributed by atoms with E-state index in [2.05, 4.69) is 5.32 Å². The molecule has 0 fully saturated rings. The Hall–Kier alpha value is -2.36. The van der Waals surface area contributed by atoms with Gasteiger partial charge < -0.3 is 9.73 Å². The molecule has 0 spiro atoms. The second-order valence-electron chi connectivity index (χ2n) is 3.92. The molecule has 1 aromatic carbocycles. The van der Waals surface area contributed by atoms with Crippen molar-refractivity contribution >= 4 is 12.2 Å². The summed E-state index contributed by atoms with van der Waals surface area (Å²) in [5.41, 5.74) is 1.53. The normalized spacial score (nSPS) is 10.1. The first-order valence-corrected chi connectivity index (χ1v) is 5.58. The molecule has 4 heteroatoms. The number of carbonyl (C=O) groups excluding carboxylic acids is 2. The highest BCUT2D eigenvalue weighted by Gasteiger charge is 2.05. The third kappa shape index (κ3) is 2.85. The Morgan fingerprint density at radius 3 is 2.56 bits per heavy atom. The van der Waals surface area contributed by atoms with Crippen molar-refractivity contribution in [2.24, 2.45) is 0 Å². The molecule has 0 unspecified atom stereocenters. The highest BCUT2D eigenvalue weighted by atomic mass is 16.3. The first-order chi connectivity index (χ1) is 8.69. The minimum Gasteiger partial charge on any atom is -0.459 e. The van der Waals surface area contributed by atoms with E-state index in [9.17, 15) is 9.59 Å². The molecule has 1 amide bonds. The van der Waals surface area contributed by atoms with Gasteiger partial charge in [0.15, 0.2) is 0 Å². The number of carbonyl (C=O) groups is 2.